The molecule has 5 heteroatoms. The molecule has 0 aliphatic rings. The zero-order chi connectivity index (χ0) is 17.5. The minimum absolute atomic E-state index is 0.217. The first-order valence-electron chi connectivity index (χ1n) is 8.08. The van der Waals surface area contributed by atoms with Gasteiger partial charge in [0.2, 0.25) is 0 Å². The summed E-state index contributed by atoms with van der Waals surface area (Å²) in [6.07, 6.45) is 0.935. The van der Waals surface area contributed by atoms with Crippen LogP contribution in [0.1, 0.15) is 36.7 Å². The molecule has 0 saturated heterocycles. The number of hydrogen-bond acceptors (Lipinski definition) is 3. The van der Waals surface area contributed by atoms with E-state index in [1.54, 1.807) is 24.3 Å². The van der Waals surface area contributed by atoms with Gasteiger partial charge in [0.1, 0.15) is 0 Å². The van der Waals surface area contributed by atoms with Gasteiger partial charge in [-0.2, -0.15) is 0 Å². The average molecular weight is 348 g/mol. The van der Waals surface area contributed by atoms with Crippen LogP contribution in [-0.4, -0.2) is 19.1 Å². The lowest BCUT2D eigenvalue weighted by Gasteiger charge is -2.14. The first kappa shape index (κ1) is 18.1. The molecule has 0 spiro atoms. The van der Waals surface area contributed by atoms with Gasteiger partial charge in [0.05, 0.1) is 23.9 Å². The number of rotatable bonds is 7. The lowest BCUT2D eigenvalue weighted by Crippen LogP contribution is -2.12. The molecule has 24 heavy (non-hydrogen) atoms. The van der Waals surface area contributed by atoms with Crippen molar-refractivity contribution in [2.24, 2.45) is 0 Å². The highest BCUT2D eigenvalue weighted by Crippen LogP contribution is 2.36. The highest BCUT2D eigenvalue weighted by Gasteiger charge is 2.14. The van der Waals surface area contributed by atoms with Crippen molar-refractivity contribution in [2.75, 3.05) is 18.5 Å². The molecule has 128 valence electrons. The quantitative estimate of drug-likeness (QED) is 0.770. The number of benzene rings is 2. The minimum Gasteiger partial charge on any atom is -0.490 e. The van der Waals surface area contributed by atoms with E-state index in [1.165, 1.54) is 5.56 Å². The van der Waals surface area contributed by atoms with E-state index < -0.39 is 0 Å². The predicted octanol–water partition coefficient (Wildman–Crippen LogP) is 4.95. The number of anilines is 1. The Morgan fingerprint density at radius 2 is 1.58 bits per heavy atom. The Labute approximate surface area is 147 Å². The van der Waals surface area contributed by atoms with E-state index in [-0.39, 0.29) is 5.91 Å². The molecule has 0 radical (unpaired) electrons. The van der Waals surface area contributed by atoms with E-state index >= 15 is 0 Å². The molecule has 4 nitrogen and oxygen atoms in total. The third-order valence-electron chi connectivity index (χ3n) is 3.51. The number of carbonyl (C=O) groups is 1. The SMILES string of the molecule is CCOc1cc(Cl)c(NC(=O)c2ccc(CC)cc2)cc1OCC. The molecule has 2 aromatic carbocycles. The summed E-state index contributed by atoms with van der Waals surface area (Å²) in [7, 11) is 0. The molecule has 1 amide bonds. The van der Waals surface area contributed by atoms with Gasteiger partial charge in [0.15, 0.2) is 11.5 Å². The van der Waals surface area contributed by atoms with E-state index in [9.17, 15) is 4.79 Å². The monoisotopic (exact) mass is 347 g/mol. The Bertz CT molecular complexity index is 699. The van der Waals surface area contributed by atoms with Crippen LogP contribution < -0.4 is 14.8 Å². The molecule has 0 aliphatic heterocycles. The summed E-state index contributed by atoms with van der Waals surface area (Å²) >= 11 is 6.27. The Morgan fingerprint density at radius 1 is 1.00 bits per heavy atom. The molecule has 0 saturated carbocycles. The van der Waals surface area contributed by atoms with Gasteiger partial charge in [-0.25, -0.2) is 0 Å². The van der Waals surface area contributed by atoms with Crippen molar-refractivity contribution in [1.29, 1.82) is 0 Å². The minimum atomic E-state index is -0.217. The summed E-state index contributed by atoms with van der Waals surface area (Å²) in [5.41, 5.74) is 2.26. The highest BCUT2D eigenvalue weighted by atomic mass is 35.5. The van der Waals surface area contributed by atoms with Crippen molar-refractivity contribution in [1.82, 2.24) is 0 Å². The zero-order valence-electron chi connectivity index (χ0n) is 14.2. The normalized spacial score (nSPS) is 10.3. The first-order chi connectivity index (χ1) is 11.6. The second-order valence-electron chi connectivity index (χ2n) is 5.15. The second kappa shape index (κ2) is 8.60. The van der Waals surface area contributed by atoms with Crippen molar-refractivity contribution in [2.45, 2.75) is 27.2 Å². The second-order valence-corrected chi connectivity index (χ2v) is 5.56. The summed E-state index contributed by atoms with van der Waals surface area (Å²) in [6.45, 7) is 6.85. The maximum atomic E-state index is 12.4. The molecule has 0 heterocycles. The molecule has 0 aromatic heterocycles. The first-order valence-corrected chi connectivity index (χ1v) is 8.46. The van der Waals surface area contributed by atoms with Crippen LogP contribution in [0.3, 0.4) is 0 Å². The number of nitrogens with one attached hydrogen (secondary N) is 1. The average Bonchev–Trinajstić information content (AvgIpc) is 2.59. The maximum Gasteiger partial charge on any atom is 0.255 e. The van der Waals surface area contributed by atoms with Crippen LogP contribution in [-0.2, 0) is 6.42 Å². The number of amides is 1. The number of carbonyl (C=O) groups excluding carboxylic acids is 1. The van der Waals surface area contributed by atoms with Gasteiger partial charge in [0.25, 0.3) is 5.91 Å². The van der Waals surface area contributed by atoms with E-state index in [1.807, 2.05) is 26.0 Å². The number of hydrogen-bond donors (Lipinski definition) is 1. The van der Waals surface area contributed by atoms with Gasteiger partial charge in [-0.15, -0.1) is 0 Å². The Balaban J connectivity index is 2.23. The predicted molar refractivity (Wildman–Crippen MR) is 97.6 cm³/mol. The molecule has 0 bridgehead atoms. The summed E-state index contributed by atoms with van der Waals surface area (Å²) in [4.78, 5) is 12.4. The van der Waals surface area contributed by atoms with Crippen LogP contribution in [0.15, 0.2) is 36.4 Å². The van der Waals surface area contributed by atoms with Crippen LogP contribution in [0.25, 0.3) is 0 Å². The number of halogens is 1. The van der Waals surface area contributed by atoms with Gasteiger partial charge in [-0.05, 0) is 38.0 Å². The summed E-state index contributed by atoms with van der Waals surface area (Å²) in [5, 5.41) is 3.23. The van der Waals surface area contributed by atoms with Gasteiger partial charge >= 0.3 is 0 Å². The highest BCUT2D eigenvalue weighted by molar-refractivity contribution is 6.34. The van der Waals surface area contributed by atoms with E-state index in [0.29, 0.717) is 41.0 Å². The van der Waals surface area contributed by atoms with E-state index in [2.05, 4.69) is 12.2 Å². The third-order valence-corrected chi connectivity index (χ3v) is 3.82. The van der Waals surface area contributed by atoms with Gasteiger partial charge < -0.3 is 14.8 Å². The molecule has 2 rings (SSSR count). The van der Waals surface area contributed by atoms with Crippen LogP contribution in [0.2, 0.25) is 5.02 Å². The fraction of sp³-hybridized carbons (Fsp3) is 0.316. The van der Waals surface area contributed by atoms with Crippen molar-refractivity contribution in [3.8, 4) is 11.5 Å². The molecule has 0 atom stereocenters. The molecule has 2 aromatic rings. The Morgan fingerprint density at radius 3 is 2.12 bits per heavy atom. The largest absolute Gasteiger partial charge is 0.490 e. The number of aryl methyl sites for hydroxylation is 1. The molecule has 0 aliphatic carbocycles. The standard InChI is InChI=1S/C19H22ClNO3/c1-4-13-7-9-14(10-8-13)19(22)21-16-12-18(24-6-3)17(23-5-2)11-15(16)20/h7-12H,4-6H2,1-3H3,(H,21,22). The van der Waals surface area contributed by atoms with E-state index in [0.717, 1.165) is 6.42 Å². The van der Waals surface area contributed by atoms with Crippen molar-refractivity contribution in [3.63, 3.8) is 0 Å². The van der Waals surface area contributed by atoms with Gasteiger partial charge in [-0.3, -0.25) is 4.79 Å². The Kier molecular flexibility index (Phi) is 6.50. The lowest BCUT2D eigenvalue weighted by molar-refractivity contribution is 0.102. The van der Waals surface area contributed by atoms with Crippen LogP contribution in [0, 0.1) is 0 Å². The summed E-state index contributed by atoms with van der Waals surface area (Å²) in [6, 6.07) is 10.8. The number of ether oxygens (including phenoxy) is 2. The molecule has 1 N–H and O–H groups in total. The smallest absolute Gasteiger partial charge is 0.255 e. The summed E-state index contributed by atoms with van der Waals surface area (Å²) < 4.78 is 11.1. The van der Waals surface area contributed by atoms with Crippen LogP contribution >= 0.6 is 11.6 Å². The molecule has 0 fully saturated rings. The fourth-order valence-corrected chi connectivity index (χ4v) is 2.45. The molecule has 0 unspecified atom stereocenters. The Hall–Kier alpha value is -2.20. The summed E-state index contributed by atoms with van der Waals surface area (Å²) in [5.74, 6) is 0.904. The van der Waals surface area contributed by atoms with Gasteiger partial charge in [0, 0.05) is 17.7 Å². The van der Waals surface area contributed by atoms with Crippen molar-refractivity contribution < 1.29 is 14.3 Å². The third kappa shape index (κ3) is 4.42. The van der Waals surface area contributed by atoms with Crippen molar-refractivity contribution >= 4 is 23.2 Å². The topological polar surface area (TPSA) is 47.6 Å². The van der Waals surface area contributed by atoms with E-state index in [4.69, 9.17) is 21.1 Å². The van der Waals surface area contributed by atoms with Crippen LogP contribution in [0.4, 0.5) is 5.69 Å². The fourth-order valence-electron chi connectivity index (χ4n) is 2.25. The van der Waals surface area contributed by atoms with Gasteiger partial charge in [-0.1, -0.05) is 30.7 Å². The van der Waals surface area contributed by atoms with Crippen LogP contribution in [0.5, 0.6) is 11.5 Å². The maximum absolute atomic E-state index is 12.4. The molecular weight excluding hydrogens is 326 g/mol. The lowest BCUT2D eigenvalue weighted by atomic mass is 10.1. The zero-order valence-corrected chi connectivity index (χ0v) is 14.9. The molecular formula is C19H22ClNO3. The van der Waals surface area contributed by atoms with Crippen molar-refractivity contribution in [3.05, 3.63) is 52.5 Å².